The topological polar surface area (TPSA) is 102 Å². The molecule has 0 bridgehead atoms. The maximum atomic E-state index is 12.6. The number of hydrazine groups is 1. The molecule has 1 heterocycles. The molecule has 3 rings (SSSR count). The third-order valence-electron chi connectivity index (χ3n) is 5.02. The lowest BCUT2D eigenvalue weighted by molar-refractivity contribution is -0.122. The van der Waals surface area contributed by atoms with E-state index in [1.54, 1.807) is 31.2 Å². The summed E-state index contributed by atoms with van der Waals surface area (Å²) in [6.45, 7) is 8.66. The predicted octanol–water partition coefficient (Wildman–Crippen LogP) is 2.94. The lowest BCUT2D eigenvalue weighted by atomic mass is 9.87. The standard InChI is InChI=1S/C24H28N4O4/c1-5-28-23(31)19-9-7-6-8-18(19)21(27-28)22(30)26-25-20(29)14-15-32-17-12-10-16(11-13-17)24(2,3)4/h6-13H,5,14-15H2,1-4H3,(H,25,29)(H,26,30). The van der Waals surface area contributed by atoms with Crippen LogP contribution in [0.5, 0.6) is 5.75 Å². The van der Waals surface area contributed by atoms with Gasteiger partial charge in [-0.15, -0.1) is 0 Å². The molecule has 0 unspecified atom stereocenters. The molecule has 0 atom stereocenters. The Morgan fingerprint density at radius 2 is 1.66 bits per heavy atom. The molecule has 8 heteroatoms. The van der Waals surface area contributed by atoms with Gasteiger partial charge in [-0.3, -0.25) is 25.2 Å². The summed E-state index contributed by atoms with van der Waals surface area (Å²) in [4.78, 5) is 37.1. The molecule has 3 aromatic rings. The van der Waals surface area contributed by atoms with Gasteiger partial charge in [0.25, 0.3) is 11.5 Å². The molecule has 0 radical (unpaired) electrons. The fraction of sp³-hybridized carbons (Fsp3) is 0.333. The van der Waals surface area contributed by atoms with Crippen LogP contribution in [0.2, 0.25) is 0 Å². The quantitative estimate of drug-likeness (QED) is 0.579. The van der Waals surface area contributed by atoms with Gasteiger partial charge >= 0.3 is 0 Å². The second kappa shape index (κ2) is 9.64. The number of nitrogens with zero attached hydrogens (tertiary/aromatic N) is 2. The summed E-state index contributed by atoms with van der Waals surface area (Å²) in [5, 5.41) is 4.96. The Hall–Kier alpha value is -3.68. The normalized spacial score (nSPS) is 11.2. The highest BCUT2D eigenvalue weighted by Crippen LogP contribution is 2.24. The van der Waals surface area contributed by atoms with Gasteiger partial charge in [0, 0.05) is 11.9 Å². The van der Waals surface area contributed by atoms with Crippen molar-refractivity contribution < 1.29 is 14.3 Å². The third kappa shape index (κ3) is 5.32. The van der Waals surface area contributed by atoms with E-state index in [4.69, 9.17) is 4.74 Å². The Morgan fingerprint density at radius 1 is 1.00 bits per heavy atom. The van der Waals surface area contributed by atoms with Crippen molar-refractivity contribution in [3.8, 4) is 5.75 Å². The van der Waals surface area contributed by atoms with Crippen molar-refractivity contribution in [2.45, 2.75) is 46.1 Å². The van der Waals surface area contributed by atoms with Crippen LogP contribution in [-0.4, -0.2) is 28.2 Å². The van der Waals surface area contributed by atoms with Crippen molar-refractivity contribution >= 4 is 22.6 Å². The minimum atomic E-state index is -0.601. The zero-order chi connectivity index (χ0) is 23.3. The highest BCUT2D eigenvalue weighted by molar-refractivity contribution is 6.05. The highest BCUT2D eigenvalue weighted by atomic mass is 16.5. The first-order valence-electron chi connectivity index (χ1n) is 10.5. The lowest BCUT2D eigenvalue weighted by Gasteiger charge is -2.19. The molecule has 2 aromatic carbocycles. The van der Waals surface area contributed by atoms with Crippen LogP contribution in [0.4, 0.5) is 0 Å². The molecule has 0 spiro atoms. The van der Waals surface area contributed by atoms with E-state index < -0.39 is 11.8 Å². The Balaban J connectivity index is 1.56. The summed E-state index contributed by atoms with van der Waals surface area (Å²) in [5.74, 6) is -0.333. The van der Waals surface area contributed by atoms with Gasteiger partial charge in [0.05, 0.1) is 18.4 Å². The molecular formula is C24H28N4O4. The molecule has 0 fully saturated rings. The molecule has 0 aliphatic rings. The molecule has 168 valence electrons. The number of fused-ring (bicyclic) bond motifs is 1. The van der Waals surface area contributed by atoms with Gasteiger partial charge in [0.1, 0.15) is 5.75 Å². The van der Waals surface area contributed by atoms with Gasteiger partial charge < -0.3 is 4.74 Å². The van der Waals surface area contributed by atoms with Crippen LogP contribution >= 0.6 is 0 Å². The average Bonchev–Trinajstić information content (AvgIpc) is 2.77. The lowest BCUT2D eigenvalue weighted by Crippen LogP contribution is -2.43. The summed E-state index contributed by atoms with van der Waals surface area (Å²) in [6, 6.07) is 14.5. The van der Waals surface area contributed by atoms with E-state index in [9.17, 15) is 14.4 Å². The van der Waals surface area contributed by atoms with Crippen molar-refractivity contribution in [3.63, 3.8) is 0 Å². The number of carbonyl (C=O) groups excluding carboxylic acids is 2. The number of hydrogen-bond donors (Lipinski definition) is 2. The van der Waals surface area contributed by atoms with Gasteiger partial charge in [-0.2, -0.15) is 5.10 Å². The molecule has 0 saturated carbocycles. The molecule has 1 aromatic heterocycles. The first-order valence-corrected chi connectivity index (χ1v) is 10.5. The van der Waals surface area contributed by atoms with Crippen molar-refractivity contribution in [3.05, 3.63) is 70.1 Å². The Kier molecular flexibility index (Phi) is 6.92. The van der Waals surface area contributed by atoms with Gasteiger partial charge in [-0.05, 0) is 36.1 Å². The zero-order valence-corrected chi connectivity index (χ0v) is 18.8. The average molecular weight is 437 g/mol. The SMILES string of the molecule is CCn1nc(C(=O)NNC(=O)CCOc2ccc(C(C)(C)C)cc2)c2ccccc2c1=O. The van der Waals surface area contributed by atoms with Gasteiger partial charge in [0.2, 0.25) is 5.91 Å². The fourth-order valence-electron chi connectivity index (χ4n) is 3.18. The maximum Gasteiger partial charge on any atom is 0.290 e. The number of carbonyl (C=O) groups is 2. The van der Waals surface area contributed by atoms with E-state index in [0.717, 1.165) is 0 Å². The van der Waals surface area contributed by atoms with Gasteiger partial charge in [0.15, 0.2) is 5.69 Å². The summed E-state index contributed by atoms with van der Waals surface area (Å²) < 4.78 is 6.83. The van der Waals surface area contributed by atoms with Crippen molar-refractivity contribution in [1.29, 1.82) is 0 Å². The number of amides is 2. The van der Waals surface area contributed by atoms with Crippen LogP contribution in [0.3, 0.4) is 0 Å². The maximum absolute atomic E-state index is 12.6. The van der Waals surface area contributed by atoms with Crippen LogP contribution in [0.15, 0.2) is 53.3 Å². The van der Waals surface area contributed by atoms with E-state index in [0.29, 0.717) is 23.1 Å². The smallest absolute Gasteiger partial charge is 0.290 e. The first-order chi connectivity index (χ1) is 15.2. The Bertz CT molecular complexity index is 1180. The van der Waals surface area contributed by atoms with Gasteiger partial charge in [-0.1, -0.05) is 51.1 Å². The minimum absolute atomic E-state index is 0.0568. The molecule has 32 heavy (non-hydrogen) atoms. The summed E-state index contributed by atoms with van der Waals surface area (Å²) in [6.07, 6.45) is 0.0595. The number of rotatable bonds is 6. The van der Waals surface area contributed by atoms with Crippen LogP contribution in [0, 0.1) is 0 Å². The van der Waals surface area contributed by atoms with Crippen LogP contribution in [0.25, 0.3) is 10.8 Å². The van der Waals surface area contributed by atoms with Crippen molar-refractivity contribution in [1.82, 2.24) is 20.6 Å². The van der Waals surface area contributed by atoms with E-state index in [2.05, 4.69) is 36.7 Å². The monoisotopic (exact) mass is 436 g/mol. The van der Waals surface area contributed by atoms with E-state index in [-0.39, 0.29) is 29.7 Å². The molecule has 2 N–H and O–H groups in total. The van der Waals surface area contributed by atoms with Crippen molar-refractivity contribution in [2.24, 2.45) is 0 Å². The van der Waals surface area contributed by atoms with E-state index >= 15 is 0 Å². The number of nitrogens with one attached hydrogen (secondary N) is 2. The first kappa shape index (κ1) is 23.0. The summed E-state index contributed by atoms with van der Waals surface area (Å²) in [7, 11) is 0. The minimum Gasteiger partial charge on any atom is -0.493 e. The fourth-order valence-corrected chi connectivity index (χ4v) is 3.18. The number of aryl methyl sites for hydroxylation is 1. The number of ether oxygens (including phenoxy) is 1. The largest absolute Gasteiger partial charge is 0.493 e. The van der Waals surface area contributed by atoms with Crippen molar-refractivity contribution in [2.75, 3.05) is 6.61 Å². The number of hydrogen-bond acceptors (Lipinski definition) is 5. The molecule has 0 aliphatic heterocycles. The van der Waals surface area contributed by atoms with Crippen LogP contribution < -0.4 is 21.1 Å². The third-order valence-corrected chi connectivity index (χ3v) is 5.02. The van der Waals surface area contributed by atoms with Crippen LogP contribution in [0.1, 0.15) is 50.2 Å². The number of aromatic nitrogens is 2. The summed E-state index contributed by atoms with van der Waals surface area (Å²) in [5.41, 5.74) is 5.78. The second-order valence-corrected chi connectivity index (χ2v) is 8.39. The van der Waals surface area contributed by atoms with E-state index in [1.165, 1.54) is 10.2 Å². The second-order valence-electron chi connectivity index (χ2n) is 8.39. The Morgan fingerprint density at radius 3 is 2.28 bits per heavy atom. The molecule has 0 aliphatic carbocycles. The van der Waals surface area contributed by atoms with E-state index in [1.807, 2.05) is 24.3 Å². The summed E-state index contributed by atoms with van der Waals surface area (Å²) >= 11 is 0. The molecule has 8 nitrogen and oxygen atoms in total. The molecule has 0 saturated heterocycles. The predicted molar refractivity (Wildman–Crippen MR) is 123 cm³/mol. The molecular weight excluding hydrogens is 408 g/mol. The highest BCUT2D eigenvalue weighted by Gasteiger charge is 2.17. The number of benzene rings is 2. The van der Waals surface area contributed by atoms with Crippen LogP contribution in [-0.2, 0) is 16.8 Å². The zero-order valence-electron chi connectivity index (χ0n) is 18.8. The van der Waals surface area contributed by atoms with Gasteiger partial charge in [-0.25, -0.2) is 4.68 Å². The Labute approximate surface area is 186 Å². The molecule has 2 amide bonds.